The number of amides is 1. The average molecular weight is 359 g/mol. The van der Waals surface area contributed by atoms with Crippen LogP contribution in [-0.4, -0.2) is 42.3 Å². The number of benzene rings is 1. The maximum Gasteiger partial charge on any atom is 0.311 e. The number of nitrogens with zero attached hydrogens (tertiary/aromatic N) is 1. The summed E-state index contributed by atoms with van der Waals surface area (Å²) in [6, 6.07) is 5.34. The van der Waals surface area contributed by atoms with Gasteiger partial charge in [-0.3, -0.25) is 14.4 Å². The average Bonchev–Trinajstić information content (AvgIpc) is 3.28. The largest absolute Gasteiger partial charge is 0.496 e. The van der Waals surface area contributed by atoms with Gasteiger partial charge in [-0.2, -0.15) is 0 Å². The third kappa shape index (κ3) is 3.89. The van der Waals surface area contributed by atoms with Crippen molar-refractivity contribution in [3.8, 4) is 5.75 Å². The first-order valence-electron chi connectivity index (χ1n) is 9.13. The molecule has 6 heteroatoms. The Labute approximate surface area is 153 Å². The van der Waals surface area contributed by atoms with Gasteiger partial charge in [0.25, 0.3) is 0 Å². The predicted molar refractivity (Wildman–Crippen MR) is 94.9 cm³/mol. The molecule has 1 saturated carbocycles. The molecule has 1 aromatic rings. The Morgan fingerprint density at radius 1 is 1.23 bits per heavy atom. The maximum absolute atomic E-state index is 12.4. The molecule has 0 N–H and O–H groups in total. The van der Waals surface area contributed by atoms with Crippen molar-refractivity contribution in [2.24, 2.45) is 5.92 Å². The highest BCUT2D eigenvalue weighted by Gasteiger charge is 2.39. The van der Waals surface area contributed by atoms with E-state index in [1.165, 1.54) is 14.0 Å². The van der Waals surface area contributed by atoms with E-state index < -0.39 is 5.92 Å². The SMILES string of the molecule is COc1ccc(C(C)=O)cc1COC(=O)[C@H]1CC(=O)N(C2CCCC2)C1. The second-order valence-electron chi connectivity index (χ2n) is 7.08. The van der Waals surface area contributed by atoms with Gasteiger partial charge in [-0.25, -0.2) is 0 Å². The zero-order valence-electron chi connectivity index (χ0n) is 15.3. The fourth-order valence-corrected chi connectivity index (χ4v) is 3.84. The molecule has 2 fully saturated rings. The maximum atomic E-state index is 12.4. The first-order valence-corrected chi connectivity index (χ1v) is 9.13. The van der Waals surface area contributed by atoms with E-state index >= 15 is 0 Å². The van der Waals surface area contributed by atoms with E-state index in [0.29, 0.717) is 23.4 Å². The van der Waals surface area contributed by atoms with Crippen LogP contribution in [0.15, 0.2) is 18.2 Å². The van der Waals surface area contributed by atoms with E-state index in [0.717, 1.165) is 25.7 Å². The lowest BCUT2D eigenvalue weighted by Crippen LogP contribution is -2.35. The van der Waals surface area contributed by atoms with Gasteiger partial charge in [-0.1, -0.05) is 12.8 Å². The summed E-state index contributed by atoms with van der Waals surface area (Å²) in [5, 5.41) is 0. The van der Waals surface area contributed by atoms with Crippen LogP contribution in [0.2, 0.25) is 0 Å². The van der Waals surface area contributed by atoms with Crippen LogP contribution >= 0.6 is 0 Å². The van der Waals surface area contributed by atoms with Gasteiger partial charge in [0.15, 0.2) is 5.78 Å². The number of methoxy groups -OCH3 is 1. The number of esters is 1. The first kappa shape index (κ1) is 18.4. The molecule has 140 valence electrons. The number of hydrogen-bond donors (Lipinski definition) is 0. The molecule has 3 rings (SSSR count). The standard InChI is InChI=1S/C20H25NO5/c1-13(22)14-7-8-18(25-2)16(9-14)12-26-20(24)15-10-19(23)21(11-15)17-5-3-4-6-17/h7-9,15,17H,3-6,10-12H2,1-2H3/t15-/m0/s1. The molecule has 0 aromatic heterocycles. The lowest BCUT2D eigenvalue weighted by molar-refractivity contribution is -0.149. The van der Waals surface area contributed by atoms with Crippen LogP contribution in [0.3, 0.4) is 0 Å². The number of Topliss-reactive ketones (excluding diaryl/α,β-unsaturated/α-hetero) is 1. The fraction of sp³-hybridized carbons (Fsp3) is 0.550. The van der Waals surface area contributed by atoms with Crippen LogP contribution in [0.1, 0.15) is 54.9 Å². The minimum absolute atomic E-state index is 0.0250. The van der Waals surface area contributed by atoms with Gasteiger partial charge < -0.3 is 14.4 Å². The van der Waals surface area contributed by atoms with Crippen LogP contribution in [0.4, 0.5) is 0 Å². The molecule has 1 atom stereocenters. The Morgan fingerprint density at radius 2 is 1.96 bits per heavy atom. The fourth-order valence-electron chi connectivity index (χ4n) is 3.84. The molecule has 0 radical (unpaired) electrons. The zero-order chi connectivity index (χ0) is 18.7. The Hall–Kier alpha value is -2.37. The monoisotopic (exact) mass is 359 g/mol. The van der Waals surface area contributed by atoms with Gasteiger partial charge in [0, 0.05) is 30.1 Å². The normalized spacial score (nSPS) is 20.5. The van der Waals surface area contributed by atoms with E-state index in [4.69, 9.17) is 9.47 Å². The molecule has 1 aliphatic heterocycles. The summed E-state index contributed by atoms with van der Waals surface area (Å²) in [6.07, 6.45) is 4.58. The quantitative estimate of drug-likeness (QED) is 0.577. The molecular formula is C20H25NO5. The summed E-state index contributed by atoms with van der Waals surface area (Å²) >= 11 is 0. The molecule has 26 heavy (non-hydrogen) atoms. The molecule has 1 saturated heterocycles. The van der Waals surface area contributed by atoms with Crippen LogP contribution in [0.25, 0.3) is 0 Å². The molecule has 1 aliphatic carbocycles. The van der Waals surface area contributed by atoms with Crippen LogP contribution < -0.4 is 4.74 Å². The summed E-state index contributed by atoms with van der Waals surface area (Å²) in [4.78, 5) is 38.1. The van der Waals surface area contributed by atoms with Gasteiger partial charge >= 0.3 is 5.97 Å². The molecule has 0 unspecified atom stereocenters. The number of carbonyl (C=O) groups excluding carboxylic acids is 3. The highest BCUT2D eigenvalue weighted by Crippen LogP contribution is 2.30. The van der Waals surface area contributed by atoms with Gasteiger partial charge in [0.05, 0.1) is 13.0 Å². The van der Waals surface area contributed by atoms with Crippen molar-refractivity contribution in [2.75, 3.05) is 13.7 Å². The van der Waals surface area contributed by atoms with Crippen molar-refractivity contribution in [1.82, 2.24) is 4.90 Å². The second-order valence-corrected chi connectivity index (χ2v) is 7.08. The van der Waals surface area contributed by atoms with Crippen molar-refractivity contribution < 1.29 is 23.9 Å². The Kier molecular flexibility index (Phi) is 5.59. The van der Waals surface area contributed by atoms with Gasteiger partial charge in [-0.15, -0.1) is 0 Å². The highest BCUT2D eigenvalue weighted by molar-refractivity contribution is 5.94. The number of ether oxygens (including phenoxy) is 2. The number of ketones is 1. The van der Waals surface area contributed by atoms with Crippen LogP contribution in [-0.2, 0) is 20.9 Å². The minimum Gasteiger partial charge on any atom is -0.496 e. The summed E-state index contributed by atoms with van der Waals surface area (Å²) in [6.45, 7) is 1.96. The Bertz CT molecular complexity index is 708. The molecule has 2 aliphatic rings. The molecule has 1 aromatic carbocycles. The van der Waals surface area contributed by atoms with Crippen molar-refractivity contribution in [1.29, 1.82) is 0 Å². The molecule has 1 amide bonds. The smallest absolute Gasteiger partial charge is 0.311 e. The molecule has 0 spiro atoms. The van der Waals surface area contributed by atoms with E-state index in [1.54, 1.807) is 18.2 Å². The second kappa shape index (κ2) is 7.89. The first-order chi connectivity index (χ1) is 12.5. The van der Waals surface area contributed by atoms with Gasteiger partial charge in [-0.05, 0) is 38.0 Å². The topological polar surface area (TPSA) is 72.9 Å². The Morgan fingerprint density at radius 3 is 2.62 bits per heavy atom. The highest BCUT2D eigenvalue weighted by atomic mass is 16.5. The summed E-state index contributed by atoms with van der Waals surface area (Å²) < 4.78 is 10.7. The zero-order valence-corrected chi connectivity index (χ0v) is 15.3. The predicted octanol–water partition coefficient (Wildman–Crippen LogP) is 2.73. The van der Waals surface area contributed by atoms with Crippen LogP contribution in [0, 0.1) is 5.92 Å². The molecule has 0 bridgehead atoms. The van der Waals surface area contributed by atoms with E-state index in [1.807, 2.05) is 4.90 Å². The summed E-state index contributed by atoms with van der Waals surface area (Å²) in [5.74, 6) is -0.221. The van der Waals surface area contributed by atoms with Crippen molar-refractivity contribution in [2.45, 2.75) is 51.7 Å². The summed E-state index contributed by atoms with van der Waals surface area (Å²) in [5.41, 5.74) is 1.19. The lowest BCUT2D eigenvalue weighted by atomic mass is 10.1. The van der Waals surface area contributed by atoms with Gasteiger partial charge in [0.2, 0.25) is 5.91 Å². The van der Waals surface area contributed by atoms with Crippen molar-refractivity contribution in [3.05, 3.63) is 29.3 Å². The van der Waals surface area contributed by atoms with Crippen molar-refractivity contribution in [3.63, 3.8) is 0 Å². The van der Waals surface area contributed by atoms with Crippen molar-refractivity contribution >= 4 is 17.7 Å². The van der Waals surface area contributed by atoms with E-state index in [-0.39, 0.29) is 36.7 Å². The molecular weight excluding hydrogens is 334 g/mol. The van der Waals surface area contributed by atoms with Crippen LogP contribution in [0.5, 0.6) is 5.75 Å². The number of carbonyl (C=O) groups is 3. The lowest BCUT2D eigenvalue weighted by Gasteiger charge is -2.23. The third-order valence-electron chi connectivity index (χ3n) is 5.31. The molecule has 1 heterocycles. The number of hydrogen-bond acceptors (Lipinski definition) is 5. The van der Waals surface area contributed by atoms with E-state index in [2.05, 4.69) is 0 Å². The minimum atomic E-state index is -0.412. The van der Waals surface area contributed by atoms with E-state index in [9.17, 15) is 14.4 Å². The van der Waals surface area contributed by atoms with Gasteiger partial charge in [0.1, 0.15) is 12.4 Å². The Balaban J connectivity index is 1.61. The molecule has 6 nitrogen and oxygen atoms in total. The number of likely N-dealkylation sites (tertiary alicyclic amines) is 1. The summed E-state index contributed by atoms with van der Waals surface area (Å²) in [7, 11) is 1.53. The third-order valence-corrected chi connectivity index (χ3v) is 5.31. The number of rotatable bonds is 6.